The number of hydrogen-bond acceptors (Lipinski definition) is 0. The van der Waals surface area contributed by atoms with Gasteiger partial charge in [-0.3, -0.25) is 0 Å². The smallest absolute Gasteiger partial charge is 0.179 e. The summed E-state index contributed by atoms with van der Waals surface area (Å²) in [5.41, 5.74) is 16.0. The number of hydrogen-bond donors (Lipinski definition) is 0. The van der Waals surface area contributed by atoms with Gasteiger partial charge in [0.2, 0.25) is 0 Å². The van der Waals surface area contributed by atoms with Gasteiger partial charge >= 0.3 is 0 Å². The Bertz CT molecular complexity index is 3720. The minimum atomic E-state index is -3.00. The molecule has 10 aromatic carbocycles. The Balaban J connectivity index is 1.03. The number of fused-ring (bicyclic) bond motifs is 6. The van der Waals surface area contributed by atoms with E-state index in [0.717, 1.165) is 0 Å². The van der Waals surface area contributed by atoms with Crippen LogP contribution in [-0.4, -0.2) is 17.2 Å². The van der Waals surface area contributed by atoms with E-state index in [4.69, 9.17) is 0 Å². The summed E-state index contributed by atoms with van der Waals surface area (Å²) in [6, 6.07) is 91.7. The molecule has 2 bridgehead atoms. The van der Waals surface area contributed by atoms with Crippen molar-refractivity contribution >= 4 is 72.4 Å². The molecule has 0 atom stereocenters. The maximum Gasteiger partial charge on any atom is 0.179 e. The fourth-order valence-corrected chi connectivity index (χ4v) is 17.1. The molecule has 0 N–H and O–H groups in total. The van der Waals surface area contributed by atoms with Crippen molar-refractivity contribution in [3.63, 3.8) is 0 Å². The molecular formula is C62H42N2Si. The number of rotatable bonds is 6. The standard InChI is InChI=1S/C62H42N2Si/c1-3-21-43(22-4-1)65(44-23-5-2-6-24-44,45-25-17-19-41(39-45)63-55-34-14-11-27-47(55)48-28-12-15-35-56(48)63)46-26-18-20-42(40-46)64-57-36-16-13-33-53(57)61-58(64)38-37-54-59-49-29-7-9-31-51(49)60(62(54)61)52-32-10-8-30-50(52)59/h1-40,59-60H. The summed E-state index contributed by atoms with van der Waals surface area (Å²) in [5, 5.41) is 10.6. The van der Waals surface area contributed by atoms with E-state index in [1.807, 2.05) is 0 Å². The fraction of sp³-hybridized carbons (Fsp3) is 0.0323. The maximum absolute atomic E-state index is 3.00. The van der Waals surface area contributed by atoms with Crippen LogP contribution in [0.25, 0.3) is 55.0 Å². The van der Waals surface area contributed by atoms with Crippen molar-refractivity contribution in [2.45, 2.75) is 11.8 Å². The highest BCUT2D eigenvalue weighted by Gasteiger charge is 2.44. The van der Waals surface area contributed by atoms with Crippen LogP contribution in [0.1, 0.15) is 45.2 Å². The molecule has 15 rings (SSSR count). The van der Waals surface area contributed by atoms with E-state index >= 15 is 0 Å². The molecule has 0 radical (unpaired) electrons. The summed E-state index contributed by atoms with van der Waals surface area (Å²) < 4.78 is 5.01. The van der Waals surface area contributed by atoms with E-state index in [1.165, 1.54) is 109 Å². The average molecular weight is 843 g/mol. The molecule has 0 saturated heterocycles. The SMILES string of the molecule is c1ccc([Si](c2ccccc2)(c2cccc(-n3c4ccccc4c4ccccc43)c2)c2cccc(-n3c4ccccc4c4c5c(ccc43)C3c4ccccc4C5c4ccccc43)c2)cc1. The molecule has 0 fully saturated rings. The van der Waals surface area contributed by atoms with Gasteiger partial charge in [0.15, 0.2) is 8.07 Å². The molecule has 2 aromatic heterocycles. The van der Waals surface area contributed by atoms with Crippen LogP contribution in [0.15, 0.2) is 243 Å². The number of nitrogens with zero attached hydrogens (tertiary/aromatic N) is 2. The van der Waals surface area contributed by atoms with Gasteiger partial charge < -0.3 is 9.13 Å². The summed E-state index contributed by atoms with van der Waals surface area (Å²) >= 11 is 0. The number of para-hydroxylation sites is 3. The Kier molecular flexibility index (Phi) is 7.87. The first kappa shape index (κ1) is 36.5. The quantitative estimate of drug-likeness (QED) is 0.117. The van der Waals surface area contributed by atoms with E-state index in [2.05, 4.69) is 252 Å². The molecule has 3 aliphatic carbocycles. The topological polar surface area (TPSA) is 9.86 Å². The minimum absolute atomic E-state index is 0.176. The zero-order chi connectivity index (χ0) is 42.6. The molecule has 2 nitrogen and oxygen atoms in total. The molecule has 0 amide bonds. The van der Waals surface area contributed by atoms with Crippen LogP contribution in [0.2, 0.25) is 0 Å². The molecular weight excluding hydrogens is 801 g/mol. The third-order valence-corrected chi connectivity index (χ3v) is 19.6. The zero-order valence-electron chi connectivity index (χ0n) is 35.6. The van der Waals surface area contributed by atoms with E-state index in [9.17, 15) is 0 Å². The molecule has 3 aliphatic rings. The van der Waals surface area contributed by atoms with Crippen LogP contribution >= 0.6 is 0 Å². The molecule has 2 heterocycles. The van der Waals surface area contributed by atoms with Crippen molar-refractivity contribution in [1.82, 2.24) is 9.13 Å². The van der Waals surface area contributed by atoms with Gasteiger partial charge in [-0.25, -0.2) is 0 Å². The Morgan fingerprint density at radius 1 is 0.277 bits per heavy atom. The highest BCUT2D eigenvalue weighted by Crippen LogP contribution is 2.58. The van der Waals surface area contributed by atoms with Gasteiger partial charge in [0.25, 0.3) is 0 Å². The lowest BCUT2D eigenvalue weighted by molar-refractivity contribution is 0.761. The lowest BCUT2D eigenvalue weighted by Crippen LogP contribution is -2.74. The van der Waals surface area contributed by atoms with Gasteiger partial charge in [-0.2, -0.15) is 0 Å². The molecule has 0 aliphatic heterocycles. The second kappa shape index (κ2) is 14.0. The Morgan fingerprint density at radius 3 is 1.20 bits per heavy atom. The summed E-state index contributed by atoms with van der Waals surface area (Å²) in [6.07, 6.45) is 0. The van der Waals surface area contributed by atoms with Gasteiger partial charge in [0.1, 0.15) is 0 Å². The number of aromatic nitrogens is 2. The molecule has 304 valence electrons. The monoisotopic (exact) mass is 842 g/mol. The molecule has 0 spiro atoms. The van der Waals surface area contributed by atoms with Gasteiger partial charge in [0, 0.05) is 44.8 Å². The highest BCUT2D eigenvalue weighted by molar-refractivity contribution is 7.20. The first-order chi connectivity index (χ1) is 32.3. The Labute approximate surface area is 378 Å². The summed E-state index contributed by atoms with van der Waals surface area (Å²) in [6.45, 7) is 0. The minimum Gasteiger partial charge on any atom is -0.309 e. The normalized spacial score (nSPS) is 15.1. The molecule has 0 unspecified atom stereocenters. The van der Waals surface area contributed by atoms with Gasteiger partial charge in [-0.05, 0) is 103 Å². The first-order valence-electron chi connectivity index (χ1n) is 22.8. The largest absolute Gasteiger partial charge is 0.309 e. The van der Waals surface area contributed by atoms with E-state index in [0.29, 0.717) is 0 Å². The molecule has 0 saturated carbocycles. The molecule has 65 heavy (non-hydrogen) atoms. The van der Waals surface area contributed by atoms with E-state index in [-0.39, 0.29) is 11.8 Å². The maximum atomic E-state index is 2.55. The van der Waals surface area contributed by atoms with Crippen LogP contribution in [0.5, 0.6) is 0 Å². The van der Waals surface area contributed by atoms with Crippen molar-refractivity contribution in [2.75, 3.05) is 0 Å². The second-order valence-electron chi connectivity index (χ2n) is 17.9. The van der Waals surface area contributed by atoms with Gasteiger partial charge in [-0.15, -0.1) is 0 Å². The third-order valence-electron chi connectivity index (χ3n) is 14.8. The van der Waals surface area contributed by atoms with Crippen molar-refractivity contribution in [2.24, 2.45) is 0 Å². The van der Waals surface area contributed by atoms with Crippen molar-refractivity contribution in [1.29, 1.82) is 0 Å². The van der Waals surface area contributed by atoms with Crippen LogP contribution in [0.4, 0.5) is 0 Å². The second-order valence-corrected chi connectivity index (χ2v) is 21.7. The van der Waals surface area contributed by atoms with Gasteiger partial charge in [-0.1, -0.05) is 194 Å². The zero-order valence-corrected chi connectivity index (χ0v) is 36.6. The Morgan fingerprint density at radius 2 is 0.677 bits per heavy atom. The predicted octanol–water partition coefficient (Wildman–Crippen LogP) is 12.2. The fourth-order valence-electron chi connectivity index (χ4n) is 12.3. The summed E-state index contributed by atoms with van der Waals surface area (Å²) in [5.74, 6) is 0.397. The summed E-state index contributed by atoms with van der Waals surface area (Å²) in [7, 11) is -3.00. The van der Waals surface area contributed by atoms with Crippen molar-refractivity contribution < 1.29 is 0 Å². The van der Waals surface area contributed by atoms with Gasteiger partial charge in [0.05, 0.1) is 22.1 Å². The third kappa shape index (κ3) is 5.04. The van der Waals surface area contributed by atoms with Crippen LogP contribution in [0, 0.1) is 0 Å². The average Bonchev–Trinajstić information content (AvgIpc) is 3.91. The first-order valence-corrected chi connectivity index (χ1v) is 24.8. The van der Waals surface area contributed by atoms with Crippen molar-refractivity contribution in [3.8, 4) is 11.4 Å². The number of benzene rings is 10. The van der Waals surface area contributed by atoms with Crippen LogP contribution in [0.3, 0.4) is 0 Å². The van der Waals surface area contributed by atoms with Crippen LogP contribution in [-0.2, 0) is 0 Å². The molecule has 12 aromatic rings. The van der Waals surface area contributed by atoms with E-state index in [1.54, 1.807) is 0 Å². The lowest BCUT2D eigenvalue weighted by atomic mass is 9.60. The summed E-state index contributed by atoms with van der Waals surface area (Å²) in [4.78, 5) is 0. The van der Waals surface area contributed by atoms with E-state index < -0.39 is 8.07 Å². The van der Waals surface area contributed by atoms with Crippen molar-refractivity contribution in [3.05, 3.63) is 276 Å². The molecule has 3 heteroatoms. The van der Waals surface area contributed by atoms with Crippen LogP contribution < -0.4 is 20.7 Å². The predicted molar refractivity (Wildman–Crippen MR) is 274 cm³/mol. The highest BCUT2D eigenvalue weighted by atomic mass is 28.3. The Hall–Kier alpha value is -7.98. The lowest BCUT2D eigenvalue weighted by Gasteiger charge is -2.42.